The van der Waals surface area contributed by atoms with Crippen molar-refractivity contribution >= 4 is 22.8 Å². The zero-order chi connectivity index (χ0) is 22.8. The fourth-order valence-corrected chi connectivity index (χ4v) is 4.18. The monoisotopic (exact) mass is 445 g/mol. The molecule has 0 aliphatic carbocycles. The quantitative estimate of drug-likeness (QED) is 0.535. The Bertz CT molecular complexity index is 1140. The fourth-order valence-electron chi connectivity index (χ4n) is 4.18. The van der Waals surface area contributed by atoms with Gasteiger partial charge in [0.25, 0.3) is 0 Å². The standard InChI is InChI=1S/C21H24FN5O5/c1-13-17(24-32-23-13)12-25-6-8-26(9-7-25)20(21(30)31)16-11-27(5-4-19(28)29)18-10-14(22)2-3-15(16)18/h2-3,10-11,20H,4-9,12H2,1H3,(H,28,29)(H,30,31)/t20-/m0/s1. The summed E-state index contributed by atoms with van der Waals surface area (Å²) >= 11 is 0. The lowest BCUT2D eigenvalue weighted by molar-refractivity contribution is -0.144. The smallest absolute Gasteiger partial charge is 0.325 e. The average molecular weight is 445 g/mol. The van der Waals surface area contributed by atoms with Crippen LogP contribution in [0.2, 0.25) is 0 Å². The van der Waals surface area contributed by atoms with Gasteiger partial charge in [-0.2, -0.15) is 0 Å². The summed E-state index contributed by atoms with van der Waals surface area (Å²) in [6.45, 7) is 4.85. The molecule has 0 radical (unpaired) electrons. The Hall–Kier alpha value is -3.31. The number of carboxylic acids is 2. The zero-order valence-electron chi connectivity index (χ0n) is 17.6. The van der Waals surface area contributed by atoms with Crippen LogP contribution in [0.5, 0.6) is 0 Å². The number of benzene rings is 1. The first-order valence-corrected chi connectivity index (χ1v) is 10.3. The maximum absolute atomic E-state index is 13.9. The number of aromatic nitrogens is 3. The van der Waals surface area contributed by atoms with E-state index in [9.17, 15) is 19.1 Å². The Kier molecular flexibility index (Phi) is 6.19. The molecule has 3 heterocycles. The summed E-state index contributed by atoms with van der Waals surface area (Å²) in [5, 5.41) is 27.4. The number of piperazine rings is 1. The van der Waals surface area contributed by atoms with Gasteiger partial charge in [-0.15, -0.1) is 0 Å². The van der Waals surface area contributed by atoms with Crippen molar-refractivity contribution in [1.29, 1.82) is 0 Å². The van der Waals surface area contributed by atoms with Crippen LogP contribution in [0.25, 0.3) is 10.9 Å². The molecule has 4 rings (SSSR count). The van der Waals surface area contributed by atoms with Gasteiger partial charge in [-0.1, -0.05) is 10.3 Å². The lowest BCUT2D eigenvalue weighted by Gasteiger charge is -2.37. The van der Waals surface area contributed by atoms with Gasteiger partial charge >= 0.3 is 11.9 Å². The van der Waals surface area contributed by atoms with E-state index in [1.54, 1.807) is 16.8 Å². The van der Waals surface area contributed by atoms with E-state index in [2.05, 4.69) is 15.2 Å². The molecule has 1 aliphatic rings. The third-order valence-electron chi connectivity index (χ3n) is 5.86. The van der Waals surface area contributed by atoms with Crippen LogP contribution in [-0.2, 0) is 22.7 Å². The molecule has 0 unspecified atom stereocenters. The first-order chi connectivity index (χ1) is 15.3. The van der Waals surface area contributed by atoms with Crippen LogP contribution in [0.3, 0.4) is 0 Å². The van der Waals surface area contributed by atoms with E-state index in [1.165, 1.54) is 12.1 Å². The highest BCUT2D eigenvalue weighted by Gasteiger charge is 2.33. The zero-order valence-corrected chi connectivity index (χ0v) is 17.6. The number of hydrogen-bond donors (Lipinski definition) is 2. The summed E-state index contributed by atoms with van der Waals surface area (Å²) in [6.07, 6.45) is 1.50. The Morgan fingerprint density at radius 3 is 2.56 bits per heavy atom. The second kappa shape index (κ2) is 9.05. The molecule has 2 N–H and O–H groups in total. The van der Waals surface area contributed by atoms with Crippen molar-refractivity contribution in [2.75, 3.05) is 26.2 Å². The van der Waals surface area contributed by atoms with Crippen molar-refractivity contribution in [3.63, 3.8) is 0 Å². The van der Waals surface area contributed by atoms with Crippen LogP contribution in [0.1, 0.15) is 29.4 Å². The number of aliphatic carboxylic acids is 2. The third-order valence-corrected chi connectivity index (χ3v) is 5.86. The van der Waals surface area contributed by atoms with Crippen molar-refractivity contribution in [2.24, 2.45) is 0 Å². The summed E-state index contributed by atoms with van der Waals surface area (Å²) < 4.78 is 20.2. The maximum Gasteiger partial charge on any atom is 0.325 e. The average Bonchev–Trinajstić information content (AvgIpc) is 3.31. The summed E-state index contributed by atoms with van der Waals surface area (Å²) in [4.78, 5) is 27.4. The molecular weight excluding hydrogens is 421 g/mol. The van der Waals surface area contributed by atoms with Crippen molar-refractivity contribution in [3.05, 3.63) is 47.2 Å². The van der Waals surface area contributed by atoms with Gasteiger partial charge in [0.05, 0.1) is 11.9 Å². The van der Waals surface area contributed by atoms with Gasteiger partial charge in [0, 0.05) is 56.4 Å². The van der Waals surface area contributed by atoms with Crippen LogP contribution in [0.4, 0.5) is 4.39 Å². The van der Waals surface area contributed by atoms with Crippen molar-refractivity contribution in [2.45, 2.75) is 32.5 Å². The summed E-state index contributed by atoms with van der Waals surface area (Å²) in [5.41, 5.74) is 2.51. The van der Waals surface area contributed by atoms with Gasteiger partial charge in [-0.3, -0.25) is 19.4 Å². The van der Waals surface area contributed by atoms with E-state index in [1.807, 2.05) is 11.8 Å². The minimum atomic E-state index is -1.00. The van der Waals surface area contributed by atoms with E-state index in [4.69, 9.17) is 9.74 Å². The molecule has 1 saturated heterocycles. The third kappa shape index (κ3) is 4.48. The van der Waals surface area contributed by atoms with E-state index in [-0.39, 0.29) is 13.0 Å². The van der Waals surface area contributed by atoms with E-state index < -0.39 is 23.8 Å². The molecule has 11 heteroatoms. The van der Waals surface area contributed by atoms with Crippen LogP contribution in [0.15, 0.2) is 29.0 Å². The summed E-state index contributed by atoms with van der Waals surface area (Å²) in [5.74, 6) is -2.44. The van der Waals surface area contributed by atoms with Gasteiger partial charge in [0.15, 0.2) is 0 Å². The molecule has 32 heavy (non-hydrogen) atoms. The van der Waals surface area contributed by atoms with Gasteiger partial charge < -0.3 is 14.8 Å². The number of carboxylic acid groups (broad SMARTS) is 2. The van der Waals surface area contributed by atoms with Gasteiger partial charge in [-0.25, -0.2) is 9.02 Å². The number of nitrogens with zero attached hydrogens (tertiary/aromatic N) is 5. The van der Waals surface area contributed by atoms with Crippen LogP contribution in [0, 0.1) is 12.7 Å². The van der Waals surface area contributed by atoms with Gasteiger partial charge in [-0.05, 0) is 25.1 Å². The number of carbonyl (C=O) groups is 2. The fraction of sp³-hybridized carbons (Fsp3) is 0.429. The van der Waals surface area contributed by atoms with Crippen LogP contribution < -0.4 is 0 Å². The topological polar surface area (TPSA) is 125 Å². The SMILES string of the molecule is Cc1nonc1CN1CCN([C@H](C(=O)O)c2cn(CCC(=O)O)c3cc(F)ccc23)CC1. The molecule has 2 aromatic heterocycles. The van der Waals surface area contributed by atoms with Gasteiger partial charge in [0.2, 0.25) is 0 Å². The summed E-state index contributed by atoms with van der Waals surface area (Å²) in [7, 11) is 0. The Balaban J connectivity index is 1.57. The van der Waals surface area contributed by atoms with Crippen molar-refractivity contribution in [3.8, 4) is 0 Å². The van der Waals surface area contributed by atoms with Crippen LogP contribution >= 0.6 is 0 Å². The lowest BCUT2D eigenvalue weighted by Crippen LogP contribution is -2.48. The normalized spacial score (nSPS) is 16.4. The highest BCUT2D eigenvalue weighted by atomic mass is 19.1. The minimum absolute atomic E-state index is 0.125. The number of rotatable bonds is 8. The lowest BCUT2D eigenvalue weighted by atomic mass is 10.0. The molecule has 0 amide bonds. The van der Waals surface area contributed by atoms with Crippen molar-refractivity contribution in [1.82, 2.24) is 24.7 Å². The van der Waals surface area contributed by atoms with Crippen LogP contribution in [-0.4, -0.2) is 73.0 Å². The van der Waals surface area contributed by atoms with Crippen molar-refractivity contribution < 1.29 is 28.8 Å². The molecule has 170 valence electrons. The first kappa shape index (κ1) is 21.9. The molecule has 1 aromatic carbocycles. The van der Waals surface area contributed by atoms with Gasteiger partial charge in [0.1, 0.15) is 23.2 Å². The second-order valence-electron chi connectivity index (χ2n) is 7.93. The number of halogens is 1. The van der Waals surface area contributed by atoms with E-state index in [0.29, 0.717) is 49.2 Å². The minimum Gasteiger partial charge on any atom is -0.481 e. The molecule has 0 saturated carbocycles. The molecule has 1 aliphatic heterocycles. The van der Waals surface area contributed by atoms with E-state index in [0.717, 1.165) is 11.4 Å². The Morgan fingerprint density at radius 1 is 1.19 bits per heavy atom. The molecular formula is C21H24FN5O5. The summed E-state index contributed by atoms with van der Waals surface area (Å²) in [6, 6.07) is 3.24. The molecule has 1 fully saturated rings. The molecule has 10 nitrogen and oxygen atoms in total. The molecule has 0 spiro atoms. The predicted octanol–water partition coefficient (Wildman–Crippen LogP) is 1.89. The van der Waals surface area contributed by atoms with E-state index >= 15 is 0 Å². The Labute approximate surface area is 182 Å². The largest absolute Gasteiger partial charge is 0.481 e. The second-order valence-corrected chi connectivity index (χ2v) is 7.93. The first-order valence-electron chi connectivity index (χ1n) is 10.3. The number of fused-ring (bicyclic) bond motifs is 1. The number of hydrogen-bond acceptors (Lipinski definition) is 7. The maximum atomic E-state index is 13.9. The Morgan fingerprint density at radius 2 is 1.94 bits per heavy atom. The highest BCUT2D eigenvalue weighted by molar-refractivity contribution is 5.90. The molecule has 3 aromatic rings. The molecule has 0 bridgehead atoms. The number of aryl methyl sites for hydroxylation is 2. The highest BCUT2D eigenvalue weighted by Crippen LogP contribution is 2.32. The predicted molar refractivity (Wildman–Crippen MR) is 110 cm³/mol. The molecule has 1 atom stereocenters.